The maximum Gasteiger partial charge on any atom is 0.416 e. The van der Waals surface area contributed by atoms with Crippen LogP contribution in [-0.2, 0) is 56.0 Å². The molecule has 0 aliphatic heterocycles. The highest BCUT2D eigenvalue weighted by Gasteiger charge is 2.47. The standard InChI is InChI=1S/C32H12BF24.C17H13N2/c34-25(35,36)13-1-14(26(37,38)39)6-21(5-13)33(22-7-15(27(40,41)42)2-16(8-22)28(43,44)45,23-9-17(29(46,47)48)3-18(10-23)30(49,50)51)24-11-19(31(52,53)54)4-20(12-24)32(55,56)57;18-12-15-8-9-17-16(11-15)7-4-10-19(17)13-14-5-2-1-3-6-14/h1-12H;1-11H,13H2/q-1;+1. The van der Waals surface area contributed by atoms with Crippen LogP contribution in [0.2, 0.25) is 0 Å². The van der Waals surface area contributed by atoms with Crippen LogP contribution in [0.5, 0.6) is 0 Å². The van der Waals surface area contributed by atoms with E-state index in [-0.39, 0.29) is 0 Å². The van der Waals surface area contributed by atoms with Gasteiger partial charge in [0.25, 0.3) is 0 Å². The minimum absolute atomic E-state index is 0.691. The zero-order valence-corrected chi connectivity index (χ0v) is 37.0. The van der Waals surface area contributed by atoms with Crippen LogP contribution in [0.3, 0.4) is 0 Å². The molecule has 7 rings (SSSR count). The fourth-order valence-corrected chi connectivity index (χ4v) is 8.34. The number of nitriles is 1. The summed E-state index contributed by atoms with van der Waals surface area (Å²) in [4.78, 5) is 0. The lowest BCUT2D eigenvalue weighted by Gasteiger charge is -2.46. The Balaban J connectivity index is 0.000000408. The van der Waals surface area contributed by atoms with Crippen LogP contribution >= 0.6 is 0 Å². The molecule has 0 aliphatic carbocycles. The molecule has 0 spiro atoms. The van der Waals surface area contributed by atoms with Gasteiger partial charge in [-0.1, -0.05) is 78.9 Å². The summed E-state index contributed by atoms with van der Waals surface area (Å²) in [6.07, 6.45) is -52.7. The molecule has 1 aromatic heterocycles. The van der Waals surface area contributed by atoms with Gasteiger partial charge in [0.15, 0.2) is 12.7 Å². The number of halogens is 24. The number of benzene rings is 6. The normalized spacial score (nSPS) is 13.3. The molecule has 0 atom stereocenters. The molecule has 0 unspecified atom stereocenters. The number of aromatic nitrogens is 1. The predicted octanol–water partition coefficient (Wildman–Crippen LogP) is 14.3. The van der Waals surface area contributed by atoms with Gasteiger partial charge in [-0.05, 0) is 42.5 Å². The molecular weight excluding hydrogens is 1080 g/mol. The molecule has 0 aliphatic rings. The lowest BCUT2D eigenvalue weighted by atomic mass is 9.12. The van der Waals surface area contributed by atoms with E-state index in [4.69, 9.17) is 5.26 Å². The molecule has 2 nitrogen and oxygen atoms in total. The first-order valence-corrected chi connectivity index (χ1v) is 20.8. The van der Waals surface area contributed by atoms with Gasteiger partial charge in [-0.25, -0.2) is 0 Å². The molecule has 0 saturated heterocycles. The summed E-state index contributed by atoms with van der Waals surface area (Å²) in [5, 5.41) is 10.0. The van der Waals surface area contributed by atoms with Crippen molar-refractivity contribution in [2.45, 2.75) is 56.0 Å². The van der Waals surface area contributed by atoms with E-state index < -0.39 is 195 Å². The number of pyridine rings is 1. The summed E-state index contributed by atoms with van der Waals surface area (Å²) >= 11 is 0. The van der Waals surface area contributed by atoms with Crippen molar-refractivity contribution in [2.24, 2.45) is 0 Å². The quantitative estimate of drug-likeness (QED) is 0.0926. The Labute approximate surface area is 411 Å². The summed E-state index contributed by atoms with van der Waals surface area (Å²) in [6.45, 7) is 0.837. The summed E-state index contributed by atoms with van der Waals surface area (Å²) < 4.78 is 343. The Morgan fingerprint density at radius 3 is 0.895 bits per heavy atom. The van der Waals surface area contributed by atoms with Crippen LogP contribution < -0.4 is 26.4 Å². The Kier molecular flexibility index (Phi) is 15.2. The zero-order valence-electron chi connectivity index (χ0n) is 37.0. The monoisotopic (exact) mass is 1110 g/mol. The number of fused-ring (bicyclic) bond motifs is 1. The van der Waals surface area contributed by atoms with Crippen molar-refractivity contribution in [3.63, 3.8) is 0 Å². The van der Waals surface area contributed by atoms with Gasteiger partial charge in [0, 0.05) is 23.1 Å². The molecule has 0 fully saturated rings. The van der Waals surface area contributed by atoms with Gasteiger partial charge in [0.2, 0.25) is 5.52 Å². The highest BCUT2D eigenvalue weighted by Crippen LogP contribution is 2.41. The van der Waals surface area contributed by atoms with Crippen molar-refractivity contribution < 1.29 is 110 Å². The highest BCUT2D eigenvalue weighted by atomic mass is 19.4. The first kappa shape index (κ1) is 57.9. The lowest BCUT2D eigenvalue weighted by molar-refractivity contribution is -0.662. The first-order chi connectivity index (χ1) is 34.6. The number of hydrogen-bond donors (Lipinski definition) is 0. The molecule has 1 heterocycles. The van der Waals surface area contributed by atoms with E-state index in [0.717, 1.165) is 17.4 Å². The smallest absolute Gasteiger partial charge is 0.194 e. The fourth-order valence-electron chi connectivity index (χ4n) is 8.34. The van der Waals surface area contributed by atoms with E-state index in [1.807, 2.05) is 36.4 Å². The molecular formula is C49H25BF24N2. The summed E-state index contributed by atoms with van der Waals surface area (Å²) in [7, 11) is 0. The number of hydrogen-bond acceptors (Lipinski definition) is 1. The van der Waals surface area contributed by atoms with Crippen molar-refractivity contribution in [2.75, 3.05) is 0 Å². The maximum absolute atomic E-state index is 14.2. The van der Waals surface area contributed by atoms with Crippen molar-refractivity contribution >= 4 is 38.9 Å². The highest BCUT2D eigenvalue weighted by molar-refractivity contribution is 7.20. The largest absolute Gasteiger partial charge is 0.416 e. The van der Waals surface area contributed by atoms with Gasteiger partial charge in [-0.3, -0.25) is 0 Å². The Bertz CT molecular complexity index is 2860. The average molecular weight is 1110 g/mol. The molecule has 27 heteroatoms. The third-order valence-corrected chi connectivity index (χ3v) is 11.6. The molecule has 402 valence electrons. The summed E-state index contributed by atoms with van der Waals surface area (Å²) in [6, 6.07) is 13.6. The lowest BCUT2D eigenvalue weighted by Crippen LogP contribution is -2.75. The van der Waals surface area contributed by atoms with Crippen LogP contribution in [0.4, 0.5) is 105 Å². The Morgan fingerprint density at radius 2 is 0.632 bits per heavy atom. The summed E-state index contributed by atoms with van der Waals surface area (Å²) in [5.41, 5.74) is -27.1. The van der Waals surface area contributed by atoms with Crippen molar-refractivity contribution in [1.82, 2.24) is 0 Å². The molecule has 76 heavy (non-hydrogen) atoms. The number of nitrogens with zero attached hydrogens (tertiary/aromatic N) is 2. The van der Waals surface area contributed by atoms with Crippen molar-refractivity contribution in [3.05, 3.63) is 195 Å². The van der Waals surface area contributed by atoms with E-state index in [1.54, 1.807) is 0 Å². The first-order valence-electron chi connectivity index (χ1n) is 20.8. The van der Waals surface area contributed by atoms with Gasteiger partial charge in [-0.15, -0.1) is 0 Å². The minimum Gasteiger partial charge on any atom is -0.194 e. The molecule has 0 N–H and O–H groups in total. The Hall–Kier alpha value is -7.40. The Morgan fingerprint density at radius 1 is 0.342 bits per heavy atom. The molecule has 0 bridgehead atoms. The average Bonchev–Trinajstić information content (AvgIpc) is 3.29. The number of alkyl halides is 24. The van der Waals surface area contributed by atoms with Crippen molar-refractivity contribution in [3.8, 4) is 6.07 Å². The van der Waals surface area contributed by atoms with E-state index >= 15 is 0 Å². The van der Waals surface area contributed by atoms with Gasteiger partial charge < -0.3 is 0 Å². The fraction of sp³-hybridized carbons (Fsp3) is 0.184. The van der Waals surface area contributed by atoms with Crippen LogP contribution in [0.15, 0.2) is 140 Å². The van der Waals surface area contributed by atoms with Gasteiger partial charge in [-0.2, -0.15) is 137 Å². The maximum atomic E-state index is 14.2. The SMILES string of the molecule is FC(F)(F)c1cc([B-](c2cc(C(F)(F)F)cc(C(F)(F)F)c2)(c2cc(C(F)(F)F)cc(C(F)(F)F)c2)c2cc(C(F)(F)F)cc(C(F)(F)F)c2)cc(C(F)(F)F)c1.N#Cc1ccc2c(ccc[n+]2Cc2ccccc2)c1. The topological polar surface area (TPSA) is 27.7 Å². The molecule has 0 amide bonds. The number of rotatable bonds is 6. The van der Waals surface area contributed by atoms with Crippen LogP contribution in [-0.4, -0.2) is 6.15 Å². The summed E-state index contributed by atoms with van der Waals surface area (Å²) in [5.74, 6) is 0. The van der Waals surface area contributed by atoms with E-state index in [0.29, 0.717) is 5.56 Å². The molecule has 6 aromatic carbocycles. The van der Waals surface area contributed by atoms with Gasteiger partial charge in [0.05, 0.1) is 56.1 Å². The molecule has 0 saturated carbocycles. The van der Waals surface area contributed by atoms with E-state index in [9.17, 15) is 105 Å². The van der Waals surface area contributed by atoms with E-state index in [2.05, 4.69) is 41.1 Å². The predicted molar refractivity (Wildman–Crippen MR) is 224 cm³/mol. The molecule has 0 radical (unpaired) electrons. The van der Waals surface area contributed by atoms with E-state index in [1.165, 1.54) is 5.56 Å². The van der Waals surface area contributed by atoms with Crippen LogP contribution in [0.1, 0.15) is 55.6 Å². The van der Waals surface area contributed by atoms with Gasteiger partial charge >= 0.3 is 49.4 Å². The second-order valence-corrected chi connectivity index (χ2v) is 16.7. The molecule has 7 aromatic rings. The zero-order chi connectivity index (χ0) is 57.0. The third kappa shape index (κ3) is 12.8. The van der Waals surface area contributed by atoms with Gasteiger partial charge in [0.1, 0.15) is 6.15 Å². The van der Waals surface area contributed by atoms with Crippen LogP contribution in [0, 0.1) is 11.3 Å². The van der Waals surface area contributed by atoms with Crippen molar-refractivity contribution in [1.29, 1.82) is 5.26 Å². The minimum atomic E-state index is -6.13. The second kappa shape index (κ2) is 20.0. The third-order valence-electron chi connectivity index (χ3n) is 11.6. The van der Waals surface area contributed by atoms with Crippen LogP contribution in [0.25, 0.3) is 10.9 Å². The second-order valence-electron chi connectivity index (χ2n) is 16.7.